The van der Waals surface area contributed by atoms with E-state index in [1.165, 1.54) is 0 Å². The highest BCUT2D eigenvalue weighted by molar-refractivity contribution is 6.47. The predicted molar refractivity (Wildman–Crippen MR) is 54.8 cm³/mol. The lowest BCUT2D eigenvalue weighted by Crippen LogP contribution is -2.52. The number of hydrogen-bond donors (Lipinski definition) is 0. The molecule has 0 aliphatic carbocycles. The fraction of sp³-hybridized carbons (Fsp3) is 0.556. The molecule has 0 aromatic carbocycles. The van der Waals surface area contributed by atoms with E-state index in [0.717, 1.165) is 0 Å². The van der Waals surface area contributed by atoms with Crippen molar-refractivity contribution in [1.29, 1.82) is 0 Å². The number of carbonyl (C=O) groups excluding carboxylic acids is 1. The van der Waals surface area contributed by atoms with Gasteiger partial charge in [0, 0.05) is 5.54 Å². The van der Waals surface area contributed by atoms with Crippen molar-refractivity contribution in [2.75, 3.05) is 0 Å². The molecule has 0 aromatic rings. The van der Waals surface area contributed by atoms with Crippen LogP contribution in [0.25, 0.3) is 0 Å². The van der Waals surface area contributed by atoms with Gasteiger partial charge >= 0.3 is 0 Å². The second-order valence-electron chi connectivity index (χ2n) is 4.31. The molecule has 0 N–H and O–H groups in total. The van der Waals surface area contributed by atoms with Crippen molar-refractivity contribution >= 4 is 24.2 Å². The number of rotatable bonds is 0. The van der Waals surface area contributed by atoms with Gasteiger partial charge in [-0.2, -0.15) is 5.10 Å². The number of carbonyl (C=O) groups is 1. The molecule has 0 radical (unpaired) electrons. The van der Waals surface area contributed by atoms with E-state index in [1.54, 1.807) is 17.5 Å². The molecule has 5 nitrogen and oxygen atoms in total. The van der Waals surface area contributed by atoms with Gasteiger partial charge in [-0.1, -0.05) is 0 Å². The van der Waals surface area contributed by atoms with Crippen molar-refractivity contribution in [2.24, 2.45) is 15.2 Å². The average Bonchev–Trinajstić information content (AvgIpc) is 2.50. The van der Waals surface area contributed by atoms with Gasteiger partial charge in [-0.25, -0.2) is 0 Å². The maximum absolute atomic E-state index is 11.9. The van der Waals surface area contributed by atoms with Gasteiger partial charge in [0.05, 0.1) is 12.6 Å². The summed E-state index contributed by atoms with van der Waals surface area (Å²) in [5, 5.41) is 7.48. The maximum Gasteiger partial charge on any atom is 0.278 e. The average molecular weight is 192 g/mol. The molecular weight excluding hydrogens is 180 g/mol. The fourth-order valence-electron chi connectivity index (χ4n) is 1.36. The Morgan fingerprint density at radius 3 is 2.79 bits per heavy atom. The summed E-state index contributed by atoms with van der Waals surface area (Å²) >= 11 is 0. The zero-order valence-corrected chi connectivity index (χ0v) is 8.43. The third-order valence-electron chi connectivity index (χ3n) is 2.16. The zero-order chi connectivity index (χ0) is 10.3. The SMILES string of the molecule is CC(C)(C)N1C=NC2C=NN=C2C1=O. The van der Waals surface area contributed by atoms with Crippen molar-refractivity contribution in [3.05, 3.63) is 0 Å². The quantitative estimate of drug-likeness (QED) is 0.550. The second-order valence-corrected chi connectivity index (χ2v) is 4.31. The topological polar surface area (TPSA) is 57.4 Å². The Hall–Kier alpha value is -1.52. The highest BCUT2D eigenvalue weighted by Gasteiger charge is 2.36. The first-order chi connectivity index (χ1) is 6.50. The normalized spacial score (nSPS) is 25.4. The van der Waals surface area contributed by atoms with Crippen LogP contribution in [0.1, 0.15) is 20.8 Å². The van der Waals surface area contributed by atoms with Crippen LogP contribution in [0.4, 0.5) is 0 Å². The third-order valence-corrected chi connectivity index (χ3v) is 2.16. The number of amides is 1. The van der Waals surface area contributed by atoms with Gasteiger partial charge in [0.25, 0.3) is 5.91 Å². The molecule has 0 fully saturated rings. The lowest BCUT2D eigenvalue weighted by atomic mass is 10.0. The Kier molecular flexibility index (Phi) is 1.77. The van der Waals surface area contributed by atoms with Gasteiger partial charge in [-0.05, 0) is 20.8 Å². The van der Waals surface area contributed by atoms with E-state index in [-0.39, 0.29) is 17.5 Å². The van der Waals surface area contributed by atoms with Crippen LogP contribution in [0.5, 0.6) is 0 Å². The van der Waals surface area contributed by atoms with Crippen LogP contribution in [0, 0.1) is 0 Å². The summed E-state index contributed by atoms with van der Waals surface area (Å²) in [4.78, 5) is 17.6. The first kappa shape index (κ1) is 9.05. The highest BCUT2D eigenvalue weighted by Crippen LogP contribution is 2.18. The van der Waals surface area contributed by atoms with Gasteiger partial charge in [0.15, 0.2) is 5.71 Å². The second kappa shape index (κ2) is 2.73. The lowest BCUT2D eigenvalue weighted by Gasteiger charge is -2.34. The molecule has 1 unspecified atom stereocenters. The van der Waals surface area contributed by atoms with Gasteiger partial charge < -0.3 is 0 Å². The molecule has 2 rings (SSSR count). The van der Waals surface area contributed by atoms with Gasteiger partial charge in [-0.3, -0.25) is 14.7 Å². The van der Waals surface area contributed by atoms with Crippen LogP contribution in [-0.4, -0.2) is 40.7 Å². The third kappa shape index (κ3) is 1.25. The van der Waals surface area contributed by atoms with Gasteiger partial charge in [0.1, 0.15) is 6.04 Å². The molecule has 0 spiro atoms. The molecule has 0 bridgehead atoms. The molecule has 5 heteroatoms. The van der Waals surface area contributed by atoms with Crippen LogP contribution < -0.4 is 0 Å². The summed E-state index contributed by atoms with van der Waals surface area (Å²) in [6.45, 7) is 5.86. The predicted octanol–water partition coefficient (Wildman–Crippen LogP) is 0.464. The highest BCUT2D eigenvalue weighted by atomic mass is 16.2. The number of hydrogen-bond acceptors (Lipinski definition) is 4. The van der Waals surface area contributed by atoms with E-state index in [1.807, 2.05) is 20.8 Å². The molecule has 14 heavy (non-hydrogen) atoms. The summed E-state index contributed by atoms with van der Waals surface area (Å²) in [7, 11) is 0. The molecule has 1 amide bonds. The first-order valence-corrected chi connectivity index (χ1v) is 4.48. The molecule has 0 saturated heterocycles. The van der Waals surface area contributed by atoms with E-state index in [4.69, 9.17) is 0 Å². The van der Waals surface area contributed by atoms with Crippen LogP contribution in [-0.2, 0) is 4.79 Å². The van der Waals surface area contributed by atoms with Crippen LogP contribution in [0.3, 0.4) is 0 Å². The Morgan fingerprint density at radius 2 is 2.14 bits per heavy atom. The lowest BCUT2D eigenvalue weighted by molar-refractivity contribution is -0.123. The minimum atomic E-state index is -0.267. The molecule has 1 atom stereocenters. The number of nitrogens with zero attached hydrogens (tertiary/aromatic N) is 4. The minimum Gasteiger partial charge on any atom is -0.293 e. The molecule has 2 aliphatic rings. The standard InChI is InChI=1S/C9H12N4O/c1-9(2,3)13-5-10-6-4-11-12-7(6)8(13)14/h4-6H,1-3H3. The monoisotopic (exact) mass is 192 g/mol. The van der Waals surface area contributed by atoms with E-state index in [0.29, 0.717) is 5.71 Å². The van der Waals surface area contributed by atoms with Gasteiger partial charge in [0.2, 0.25) is 0 Å². The number of aliphatic imine (C=N–C) groups is 1. The van der Waals surface area contributed by atoms with Crippen LogP contribution in [0.15, 0.2) is 15.2 Å². The molecular formula is C9H12N4O. The van der Waals surface area contributed by atoms with Crippen molar-refractivity contribution < 1.29 is 4.79 Å². The van der Waals surface area contributed by atoms with Crippen molar-refractivity contribution in [3.63, 3.8) is 0 Å². The van der Waals surface area contributed by atoms with Crippen molar-refractivity contribution in [3.8, 4) is 0 Å². The first-order valence-electron chi connectivity index (χ1n) is 4.48. The smallest absolute Gasteiger partial charge is 0.278 e. The van der Waals surface area contributed by atoms with Crippen molar-refractivity contribution in [2.45, 2.75) is 32.4 Å². The fourth-order valence-corrected chi connectivity index (χ4v) is 1.36. The van der Waals surface area contributed by atoms with E-state index in [9.17, 15) is 4.79 Å². The zero-order valence-electron chi connectivity index (χ0n) is 8.43. The Labute approximate surface area is 82.2 Å². The summed E-state index contributed by atoms with van der Waals surface area (Å²) in [5.41, 5.74) is 0.152. The number of fused-ring (bicyclic) bond motifs is 1. The van der Waals surface area contributed by atoms with Crippen molar-refractivity contribution in [1.82, 2.24) is 4.90 Å². The molecule has 74 valence electrons. The van der Waals surface area contributed by atoms with E-state index >= 15 is 0 Å². The largest absolute Gasteiger partial charge is 0.293 e. The molecule has 0 saturated carbocycles. The molecule has 2 aliphatic heterocycles. The Morgan fingerprint density at radius 1 is 1.43 bits per heavy atom. The van der Waals surface area contributed by atoms with E-state index in [2.05, 4.69) is 15.2 Å². The summed E-state index contributed by atoms with van der Waals surface area (Å²) in [6.07, 6.45) is 3.15. The van der Waals surface area contributed by atoms with E-state index < -0.39 is 0 Å². The minimum absolute atomic E-state index is 0.102. The maximum atomic E-state index is 11.9. The summed E-state index contributed by atoms with van der Waals surface area (Å²) in [6, 6.07) is -0.263. The summed E-state index contributed by atoms with van der Waals surface area (Å²) < 4.78 is 0. The summed E-state index contributed by atoms with van der Waals surface area (Å²) in [5.74, 6) is -0.102. The molecule has 0 aromatic heterocycles. The Bertz CT molecular complexity index is 361. The molecule has 2 heterocycles. The van der Waals surface area contributed by atoms with Crippen LogP contribution in [0.2, 0.25) is 0 Å². The van der Waals surface area contributed by atoms with Gasteiger partial charge in [-0.15, -0.1) is 5.10 Å². The van der Waals surface area contributed by atoms with Crippen LogP contribution >= 0.6 is 0 Å². The Balaban J connectivity index is 2.35.